The Morgan fingerprint density at radius 1 is 1.19 bits per heavy atom. The van der Waals surface area contributed by atoms with E-state index in [-0.39, 0.29) is 11.8 Å². The van der Waals surface area contributed by atoms with Crippen LogP contribution in [0.25, 0.3) is 0 Å². The number of hydrogen-bond donors (Lipinski definition) is 1. The van der Waals surface area contributed by atoms with Crippen LogP contribution >= 0.6 is 0 Å². The first-order chi connectivity index (χ1) is 9.90. The molecule has 0 spiro atoms. The number of nitrogens with one attached hydrogen (secondary N) is 1. The van der Waals surface area contributed by atoms with Gasteiger partial charge in [0, 0.05) is 32.1 Å². The SMILES string of the molecule is CC(=O)N(CCC(=O)Nc1ccccc1C)CCC(C)C. The molecule has 0 aliphatic heterocycles. The minimum absolute atomic E-state index is 0.0272. The molecule has 0 atom stereocenters. The standard InChI is InChI=1S/C17H26N2O2/c1-13(2)9-11-19(15(4)20)12-10-17(21)18-16-8-6-5-7-14(16)3/h5-8,13H,9-12H2,1-4H3,(H,18,21). The van der Waals surface area contributed by atoms with E-state index in [1.165, 1.54) is 0 Å². The van der Waals surface area contributed by atoms with Crippen molar-refractivity contribution >= 4 is 17.5 Å². The Kier molecular flexibility index (Phi) is 6.92. The number of carbonyl (C=O) groups excluding carboxylic acids is 2. The summed E-state index contributed by atoms with van der Waals surface area (Å²) in [5.74, 6) is 0.520. The Labute approximate surface area is 127 Å². The molecule has 1 rings (SSSR count). The van der Waals surface area contributed by atoms with Crippen molar-refractivity contribution in [3.8, 4) is 0 Å². The lowest BCUT2D eigenvalue weighted by atomic mass is 10.1. The lowest BCUT2D eigenvalue weighted by Crippen LogP contribution is -2.33. The molecule has 4 heteroatoms. The molecule has 0 unspecified atom stereocenters. The molecule has 0 saturated carbocycles. The van der Waals surface area contributed by atoms with Crippen molar-refractivity contribution < 1.29 is 9.59 Å². The molecule has 2 amide bonds. The fourth-order valence-electron chi connectivity index (χ4n) is 2.00. The third-order valence-corrected chi connectivity index (χ3v) is 3.45. The first-order valence-corrected chi connectivity index (χ1v) is 7.51. The van der Waals surface area contributed by atoms with Gasteiger partial charge in [-0.1, -0.05) is 32.0 Å². The molecule has 0 heterocycles. The average Bonchev–Trinajstić information content (AvgIpc) is 2.40. The number of aryl methyl sites for hydroxylation is 1. The zero-order chi connectivity index (χ0) is 15.8. The molecule has 0 radical (unpaired) electrons. The maximum atomic E-state index is 12.0. The molecule has 4 nitrogen and oxygen atoms in total. The number of rotatable bonds is 7. The molecule has 1 aromatic carbocycles. The fourth-order valence-corrected chi connectivity index (χ4v) is 2.00. The molecule has 0 aliphatic rings. The summed E-state index contributed by atoms with van der Waals surface area (Å²) in [5.41, 5.74) is 1.87. The van der Waals surface area contributed by atoms with Crippen LogP contribution in [0.15, 0.2) is 24.3 Å². The summed E-state index contributed by atoms with van der Waals surface area (Å²) in [7, 11) is 0. The van der Waals surface area contributed by atoms with Crippen molar-refractivity contribution in [1.29, 1.82) is 0 Å². The Morgan fingerprint density at radius 2 is 1.86 bits per heavy atom. The van der Waals surface area contributed by atoms with E-state index in [9.17, 15) is 9.59 Å². The van der Waals surface area contributed by atoms with Gasteiger partial charge in [-0.25, -0.2) is 0 Å². The van der Waals surface area contributed by atoms with Gasteiger partial charge in [-0.3, -0.25) is 9.59 Å². The summed E-state index contributed by atoms with van der Waals surface area (Å²) in [4.78, 5) is 25.3. The third kappa shape index (κ3) is 6.43. The first-order valence-electron chi connectivity index (χ1n) is 7.51. The van der Waals surface area contributed by atoms with Gasteiger partial charge in [-0.15, -0.1) is 0 Å². The van der Waals surface area contributed by atoms with Crippen LogP contribution in [0.1, 0.15) is 39.2 Å². The zero-order valence-electron chi connectivity index (χ0n) is 13.5. The summed E-state index contributed by atoms with van der Waals surface area (Å²) in [6.45, 7) is 8.95. The van der Waals surface area contributed by atoms with E-state index in [1.807, 2.05) is 31.2 Å². The lowest BCUT2D eigenvalue weighted by molar-refractivity contribution is -0.129. The fraction of sp³-hybridized carbons (Fsp3) is 0.529. The van der Waals surface area contributed by atoms with E-state index in [0.29, 0.717) is 25.4 Å². The van der Waals surface area contributed by atoms with E-state index in [4.69, 9.17) is 0 Å². The quantitative estimate of drug-likeness (QED) is 0.838. The molecule has 0 bridgehead atoms. The maximum absolute atomic E-state index is 12.0. The molecule has 1 aromatic rings. The van der Waals surface area contributed by atoms with Gasteiger partial charge in [0.25, 0.3) is 0 Å². The summed E-state index contributed by atoms with van der Waals surface area (Å²) >= 11 is 0. The lowest BCUT2D eigenvalue weighted by Gasteiger charge is -2.21. The topological polar surface area (TPSA) is 49.4 Å². The molecule has 0 aliphatic carbocycles. The van der Waals surface area contributed by atoms with Crippen molar-refractivity contribution in [2.24, 2.45) is 5.92 Å². The van der Waals surface area contributed by atoms with Crippen LogP contribution in [0.2, 0.25) is 0 Å². The Bertz CT molecular complexity index is 483. The molecule has 21 heavy (non-hydrogen) atoms. The van der Waals surface area contributed by atoms with Crippen LogP contribution in [-0.4, -0.2) is 29.8 Å². The Morgan fingerprint density at radius 3 is 2.43 bits per heavy atom. The van der Waals surface area contributed by atoms with Crippen LogP contribution in [0.3, 0.4) is 0 Å². The number of amides is 2. The van der Waals surface area contributed by atoms with E-state index >= 15 is 0 Å². The first kappa shape index (κ1) is 17.2. The van der Waals surface area contributed by atoms with Crippen LogP contribution in [-0.2, 0) is 9.59 Å². The summed E-state index contributed by atoms with van der Waals surface area (Å²) in [6, 6.07) is 7.68. The van der Waals surface area contributed by atoms with E-state index in [0.717, 1.165) is 17.7 Å². The van der Waals surface area contributed by atoms with Crippen molar-refractivity contribution in [1.82, 2.24) is 4.90 Å². The van der Waals surface area contributed by atoms with Gasteiger partial charge in [0.1, 0.15) is 0 Å². The largest absolute Gasteiger partial charge is 0.342 e. The average molecular weight is 290 g/mol. The van der Waals surface area contributed by atoms with E-state index < -0.39 is 0 Å². The van der Waals surface area contributed by atoms with Crippen LogP contribution in [0.5, 0.6) is 0 Å². The number of anilines is 1. The highest BCUT2D eigenvalue weighted by Crippen LogP contribution is 2.13. The van der Waals surface area contributed by atoms with Crippen molar-refractivity contribution in [2.45, 2.75) is 40.5 Å². The van der Waals surface area contributed by atoms with Crippen LogP contribution < -0.4 is 5.32 Å². The Hall–Kier alpha value is -1.84. The summed E-state index contributed by atoms with van der Waals surface area (Å²) < 4.78 is 0. The van der Waals surface area contributed by atoms with Crippen LogP contribution in [0, 0.1) is 12.8 Å². The van der Waals surface area contributed by atoms with Gasteiger partial charge in [0.05, 0.1) is 0 Å². The maximum Gasteiger partial charge on any atom is 0.226 e. The minimum atomic E-state index is -0.0555. The van der Waals surface area contributed by atoms with Crippen molar-refractivity contribution in [2.75, 3.05) is 18.4 Å². The van der Waals surface area contributed by atoms with E-state index in [1.54, 1.807) is 11.8 Å². The second-order valence-corrected chi connectivity index (χ2v) is 5.80. The number of nitrogens with zero attached hydrogens (tertiary/aromatic N) is 1. The Balaban J connectivity index is 2.46. The monoisotopic (exact) mass is 290 g/mol. The minimum Gasteiger partial charge on any atom is -0.342 e. The highest BCUT2D eigenvalue weighted by atomic mass is 16.2. The van der Waals surface area contributed by atoms with E-state index in [2.05, 4.69) is 19.2 Å². The van der Waals surface area contributed by atoms with Gasteiger partial charge in [-0.2, -0.15) is 0 Å². The number of hydrogen-bond acceptors (Lipinski definition) is 2. The van der Waals surface area contributed by atoms with Gasteiger partial charge < -0.3 is 10.2 Å². The van der Waals surface area contributed by atoms with Gasteiger partial charge in [-0.05, 0) is 30.9 Å². The normalized spacial score (nSPS) is 10.5. The molecular weight excluding hydrogens is 264 g/mol. The smallest absolute Gasteiger partial charge is 0.226 e. The molecule has 1 N–H and O–H groups in total. The van der Waals surface area contributed by atoms with Gasteiger partial charge >= 0.3 is 0 Å². The second-order valence-electron chi connectivity index (χ2n) is 5.80. The number of para-hydroxylation sites is 1. The molecule has 116 valence electrons. The predicted molar refractivity (Wildman–Crippen MR) is 86.1 cm³/mol. The molecular formula is C17H26N2O2. The summed E-state index contributed by atoms with van der Waals surface area (Å²) in [6.07, 6.45) is 1.28. The highest BCUT2D eigenvalue weighted by Gasteiger charge is 2.12. The summed E-state index contributed by atoms with van der Waals surface area (Å²) in [5, 5.41) is 2.89. The third-order valence-electron chi connectivity index (χ3n) is 3.45. The van der Waals surface area contributed by atoms with Crippen molar-refractivity contribution in [3.05, 3.63) is 29.8 Å². The van der Waals surface area contributed by atoms with Gasteiger partial charge in [0.15, 0.2) is 0 Å². The molecule has 0 fully saturated rings. The number of benzene rings is 1. The second kappa shape index (κ2) is 8.45. The predicted octanol–water partition coefficient (Wildman–Crippen LogP) is 3.22. The van der Waals surface area contributed by atoms with Gasteiger partial charge in [0.2, 0.25) is 11.8 Å². The number of carbonyl (C=O) groups is 2. The molecule has 0 saturated heterocycles. The van der Waals surface area contributed by atoms with Crippen molar-refractivity contribution in [3.63, 3.8) is 0 Å². The highest BCUT2D eigenvalue weighted by molar-refractivity contribution is 5.91. The molecule has 0 aromatic heterocycles. The zero-order valence-corrected chi connectivity index (χ0v) is 13.5. The van der Waals surface area contributed by atoms with Crippen LogP contribution in [0.4, 0.5) is 5.69 Å².